The lowest BCUT2D eigenvalue weighted by atomic mass is 10.1. The summed E-state index contributed by atoms with van der Waals surface area (Å²) in [6.07, 6.45) is 1.12. The maximum Gasteiger partial charge on any atom is 0.100 e. The van der Waals surface area contributed by atoms with Gasteiger partial charge in [-0.25, -0.2) is 0 Å². The smallest absolute Gasteiger partial charge is 0.100 e. The van der Waals surface area contributed by atoms with E-state index in [0.29, 0.717) is 11.3 Å². The largest absolute Gasteiger partial charge is 0.310 e. The van der Waals surface area contributed by atoms with Crippen molar-refractivity contribution in [2.75, 3.05) is 0 Å². The van der Waals surface area contributed by atoms with Crippen molar-refractivity contribution in [2.24, 2.45) is 0 Å². The van der Waals surface area contributed by atoms with Crippen LogP contribution in [0.4, 0.5) is 0 Å². The molecule has 1 aromatic carbocycles. The highest BCUT2D eigenvalue weighted by atomic mass is 32.2. The van der Waals surface area contributed by atoms with E-state index in [-0.39, 0.29) is 0 Å². The molecule has 0 saturated heterocycles. The van der Waals surface area contributed by atoms with E-state index in [2.05, 4.69) is 51.2 Å². The molecule has 18 heavy (non-hydrogen) atoms. The zero-order valence-electron chi connectivity index (χ0n) is 11.7. The predicted molar refractivity (Wildman–Crippen MR) is 78.7 cm³/mol. The summed E-state index contributed by atoms with van der Waals surface area (Å²) >= 11 is 1.78. The molecular formula is C15H22N2S. The molecule has 0 fully saturated rings. The highest BCUT2D eigenvalue weighted by molar-refractivity contribution is 8.00. The number of thioether (sulfide) groups is 1. The molecule has 0 aliphatic carbocycles. The second-order valence-electron chi connectivity index (χ2n) is 4.81. The molecule has 98 valence electrons. The molecular weight excluding hydrogens is 240 g/mol. The van der Waals surface area contributed by atoms with Crippen LogP contribution in [0.5, 0.6) is 0 Å². The van der Waals surface area contributed by atoms with E-state index in [0.717, 1.165) is 23.4 Å². The lowest BCUT2D eigenvalue weighted by molar-refractivity contribution is 0.588. The first-order valence-corrected chi connectivity index (χ1v) is 7.37. The molecule has 0 aliphatic heterocycles. The third kappa shape index (κ3) is 4.72. The Morgan fingerprint density at radius 3 is 2.61 bits per heavy atom. The molecule has 0 bridgehead atoms. The second-order valence-corrected chi connectivity index (χ2v) is 6.29. The molecule has 1 aromatic rings. The van der Waals surface area contributed by atoms with Crippen molar-refractivity contribution in [3.63, 3.8) is 0 Å². The van der Waals surface area contributed by atoms with Gasteiger partial charge in [0, 0.05) is 22.7 Å². The molecule has 1 unspecified atom stereocenters. The number of nitrogens with one attached hydrogen (secondary N) is 1. The van der Waals surface area contributed by atoms with Gasteiger partial charge >= 0.3 is 0 Å². The zero-order valence-corrected chi connectivity index (χ0v) is 12.5. The first-order chi connectivity index (χ1) is 8.56. The Labute approximate surface area is 115 Å². The third-order valence-electron chi connectivity index (χ3n) is 2.78. The van der Waals surface area contributed by atoms with E-state index < -0.39 is 0 Å². The van der Waals surface area contributed by atoms with Crippen LogP contribution in [-0.2, 0) is 6.54 Å². The maximum absolute atomic E-state index is 9.22. The SMILES string of the molecule is CCC(C)Sc1ccc(CNC(C)C)cc1C#N. The van der Waals surface area contributed by atoms with Crippen LogP contribution in [0.1, 0.15) is 45.2 Å². The molecule has 0 amide bonds. The average molecular weight is 262 g/mol. The van der Waals surface area contributed by atoms with Gasteiger partial charge in [0.25, 0.3) is 0 Å². The van der Waals surface area contributed by atoms with Crippen molar-refractivity contribution in [1.29, 1.82) is 5.26 Å². The lowest BCUT2D eigenvalue weighted by Crippen LogP contribution is -2.21. The van der Waals surface area contributed by atoms with Gasteiger partial charge in [0.2, 0.25) is 0 Å². The summed E-state index contributed by atoms with van der Waals surface area (Å²) in [6.45, 7) is 9.43. The Kier molecular flexibility index (Phi) is 6.24. The Morgan fingerprint density at radius 2 is 2.06 bits per heavy atom. The topological polar surface area (TPSA) is 35.8 Å². The van der Waals surface area contributed by atoms with E-state index in [4.69, 9.17) is 0 Å². The van der Waals surface area contributed by atoms with E-state index >= 15 is 0 Å². The Balaban J connectivity index is 2.80. The summed E-state index contributed by atoms with van der Waals surface area (Å²) in [7, 11) is 0. The highest BCUT2D eigenvalue weighted by Gasteiger charge is 2.08. The quantitative estimate of drug-likeness (QED) is 0.789. The molecule has 2 nitrogen and oxygen atoms in total. The van der Waals surface area contributed by atoms with Gasteiger partial charge in [-0.2, -0.15) is 5.26 Å². The summed E-state index contributed by atoms with van der Waals surface area (Å²) < 4.78 is 0. The van der Waals surface area contributed by atoms with Crippen LogP contribution in [-0.4, -0.2) is 11.3 Å². The number of hydrogen-bond acceptors (Lipinski definition) is 3. The summed E-state index contributed by atoms with van der Waals surface area (Å²) in [5.74, 6) is 0. The van der Waals surface area contributed by atoms with Crippen LogP contribution >= 0.6 is 11.8 Å². The van der Waals surface area contributed by atoms with E-state index in [9.17, 15) is 5.26 Å². The molecule has 3 heteroatoms. The predicted octanol–water partition coefficient (Wildman–Crippen LogP) is 3.95. The monoisotopic (exact) mass is 262 g/mol. The van der Waals surface area contributed by atoms with Gasteiger partial charge in [-0.3, -0.25) is 0 Å². The summed E-state index contributed by atoms with van der Waals surface area (Å²) in [6, 6.07) is 8.96. The minimum atomic E-state index is 0.463. The second kappa shape index (κ2) is 7.45. The Hall–Kier alpha value is -0.980. The number of rotatable bonds is 6. The fraction of sp³-hybridized carbons (Fsp3) is 0.533. The van der Waals surface area contributed by atoms with Crippen molar-refractivity contribution in [2.45, 2.75) is 56.8 Å². The first-order valence-electron chi connectivity index (χ1n) is 6.49. The summed E-state index contributed by atoms with van der Waals surface area (Å²) in [5.41, 5.74) is 1.97. The minimum absolute atomic E-state index is 0.463. The van der Waals surface area contributed by atoms with Crippen molar-refractivity contribution in [3.05, 3.63) is 29.3 Å². The van der Waals surface area contributed by atoms with Gasteiger partial charge < -0.3 is 5.32 Å². The van der Waals surface area contributed by atoms with Gasteiger partial charge in [0.05, 0.1) is 5.56 Å². The average Bonchev–Trinajstić information content (AvgIpc) is 2.37. The molecule has 0 aliphatic rings. The van der Waals surface area contributed by atoms with Gasteiger partial charge in [0.1, 0.15) is 6.07 Å². The third-order valence-corrected chi connectivity index (χ3v) is 4.13. The van der Waals surface area contributed by atoms with Crippen molar-refractivity contribution < 1.29 is 0 Å². The molecule has 0 saturated carbocycles. The Morgan fingerprint density at radius 1 is 1.33 bits per heavy atom. The number of nitrogens with zero attached hydrogens (tertiary/aromatic N) is 1. The van der Waals surface area contributed by atoms with Crippen LogP contribution in [0.3, 0.4) is 0 Å². The molecule has 0 radical (unpaired) electrons. The molecule has 0 spiro atoms. The molecule has 1 atom stereocenters. The zero-order chi connectivity index (χ0) is 13.5. The van der Waals surface area contributed by atoms with Crippen LogP contribution in [0.2, 0.25) is 0 Å². The molecule has 0 aromatic heterocycles. The van der Waals surface area contributed by atoms with E-state index in [1.807, 2.05) is 6.07 Å². The fourth-order valence-corrected chi connectivity index (χ4v) is 2.48. The van der Waals surface area contributed by atoms with Crippen molar-refractivity contribution in [3.8, 4) is 6.07 Å². The van der Waals surface area contributed by atoms with Crippen LogP contribution in [0.15, 0.2) is 23.1 Å². The molecule has 1 rings (SSSR count). The normalized spacial score (nSPS) is 12.4. The van der Waals surface area contributed by atoms with Gasteiger partial charge in [0.15, 0.2) is 0 Å². The molecule has 1 N–H and O–H groups in total. The lowest BCUT2D eigenvalue weighted by Gasteiger charge is -2.12. The minimum Gasteiger partial charge on any atom is -0.310 e. The fourth-order valence-electron chi connectivity index (χ4n) is 1.50. The summed E-state index contributed by atoms with van der Waals surface area (Å²) in [5, 5.41) is 13.1. The Bertz CT molecular complexity index is 421. The van der Waals surface area contributed by atoms with Crippen molar-refractivity contribution in [1.82, 2.24) is 5.32 Å². The van der Waals surface area contributed by atoms with Crippen LogP contribution in [0, 0.1) is 11.3 Å². The number of nitriles is 1. The van der Waals surface area contributed by atoms with Crippen LogP contribution in [0.25, 0.3) is 0 Å². The first kappa shape index (κ1) is 15.1. The van der Waals surface area contributed by atoms with E-state index in [1.165, 1.54) is 5.56 Å². The summed E-state index contributed by atoms with van der Waals surface area (Å²) in [4.78, 5) is 1.10. The van der Waals surface area contributed by atoms with E-state index in [1.54, 1.807) is 11.8 Å². The maximum atomic E-state index is 9.22. The van der Waals surface area contributed by atoms with Crippen LogP contribution < -0.4 is 5.32 Å². The number of hydrogen-bond donors (Lipinski definition) is 1. The standard InChI is InChI=1S/C15H22N2S/c1-5-12(4)18-15-7-6-13(8-14(15)9-16)10-17-11(2)3/h6-8,11-12,17H,5,10H2,1-4H3. The van der Waals surface area contributed by atoms with Gasteiger partial charge in [-0.05, 0) is 24.1 Å². The van der Waals surface area contributed by atoms with Crippen molar-refractivity contribution >= 4 is 11.8 Å². The number of benzene rings is 1. The van der Waals surface area contributed by atoms with Gasteiger partial charge in [-0.1, -0.05) is 33.8 Å². The highest BCUT2D eigenvalue weighted by Crippen LogP contribution is 2.28. The molecule has 0 heterocycles. The van der Waals surface area contributed by atoms with Gasteiger partial charge in [-0.15, -0.1) is 11.8 Å².